The quantitative estimate of drug-likeness (QED) is 0.733. The van der Waals surface area contributed by atoms with Crippen LogP contribution in [0.5, 0.6) is 0 Å². The van der Waals surface area contributed by atoms with Crippen molar-refractivity contribution in [3.63, 3.8) is 0 Å². The molecule has 2 aliphatic rings. The summed E-state index contributed by atoms with van der Waals surface area (Å²) in [7, 11) is 0. The van der Waals surface area contributed by atoms with Gasteiger partial charge in [0.05, 0.1) is 11.5 Å². The van der Waals surface area contributed by atoms with Crippen LogP contribution in [0.25, 0.3) is 0 Å². The Bertz CT molecular complexity index is 409. The van der Waals surface area contributed by atoms with E-state index in [2.05, 4.69) is 9.98 Å². The summed E-state index contributed by atoms with van der Waals surface area (Å²) in [5, 5.41) is 0. The van der Waals surface area contributed by atoms with Crippen LogP contribution < -0.4 is 5.73 Å². The monoisotopic (exact) mass is 235 g/mol. The molecule has 4 nitrogen and oxygen atoms in total. The largest absolute Gasteiger partial charge is 0.330 e. The summed E-state index contributed by atoms with van der Waals surface area (Å²) in [6.07, 6.45) is 7.43. The van der Waals surface area contributed by atoms with Crippen molar-refractivity contribution in [3.8, 4) is 0 Å². The molecule has 0 saturated carbocycles. The molecule has 1 atom stereocenters. The van der Waals surface area contributed by atoms with E-state index < -0.39 is 0 Å². The normalized spacial score (nSPS) is 22.8. The predicted octanol–water partition coefficient (Wildman–Crippen LogP) is 0.800. The Morgan fingerprint density at radius 2 is 2.25 bits per heavy atom. The van der Waals surface area contributed by atoms with E-state index in [1.54, 1.807) is 11.8 Å². The first-order valence-corrected chi connectivity index (χ1v) is 6.29. The van der Waals surface area contributed by atoms with Crippen molar-refractivity contribution >= 4 is 29.2 Å². The van der Waals surface area contributed by atoms with Gasteiger partial charge in [-0.2, -0.15) is 16.8 Å². The number of carbonyl (C=O) groups is 1. The molecule has 0 aromatic rings. The molecule has 0 bridgehead atoms. The molecule has 5 heteroatoms. The van der Waals surface area contributed by atoms with Gasteiger partial charge in [0.25, 0.3) is 5.91 Å². The van der Waals surface area contributed by atoms with E-state index >= 15 is 0 Å². The standard InChI is InChI=1S/C11H13N3OS/c12-5-6-16-7-10-13-9-4-2-1-3-8(9)11(15)14-10/h1-4,8H,5-7,12H2. The maximum Gasteiger partial charge on any atom is 0.260 e. The first-order chi connectivity index (χ1) is 7.81. The van der Waals surface area contributed by atoms with Crippen LogP contribution >= 0.6 is 11.8 Å². The summed E-state index contributed by atoms with van der Waals surface area (Å²) >= 11 is 1.64. The van der Waals surface area contributed by atoms with E-state index in [4.69, 9.17) is 5.73 Å². The Morgan fingerprint density at radius 3 is 3.06 bits per heavy atom. The second-order valence-corrected chi connectivity index (χ2v) is 4.57. The van der Waals surface area contributed by atoms with Crippen molar-refractivity contribution in [3.05, 3.63) is 24.3 Å². The van der Waals surface area contributed by atoms with Gasteiger partial charge in [0.2, 0.25) is 0 Å². The lowest BCUT2D eigenvalue weighted by Gasteiger charge is -2.17. The number of allylic oxidation sites excluding steroid dienone is 3. The summed E-state index contributed by atoms with van der Waals surface area (Å²) in [6.45, 7) is 0.633. The molecule has 0 fully saturated rings. The minimum Gasteiger partial charge on any atom is -0.330 e. The molecule has 0 aromatic carbocycles. The number of hydrogen-bond acceptors (Lipinski definition) is 4. The fourth-order valence-corrected chi connectivity index (χ4v) is 2.15. The Morgan fingerprint density at radius 1 is 1.38 bits per heavy atom. The molecule has 1 amide bonds. The third-order valence-corrected chi connectivity index (χ3v) is 3.24. The minimum absolute atomic E-state index is 0.117. The van der Waals surface area contributed by atoms with Crippen molar-refractivity contribution in [1.82, 2.24) is 0 Å². The first kappa shape index (κ1) is 11.3. The molecule has 0 aromatic heterocycles. The molecule has 1 aliphatic heterocycles. The number of amidine groups is 1. The third-order valence-electron chi connectivity index (χ3n) is 2.26. The molecule has 1 heterocycles. The lowest BCUT2D eigenvalue weighted by atomic mass is 9.97. The number of nitrogens with zero attached hydrogens (tertiary/aromatic N) is 2. The van der Waals surface area contributed by atoms with Gasteiger partial charge < -0.3 is 5.73 Å². The van der Waals surface area contributed by atoms with Gasteiger partial charge in [-0.1, -0.05) is 18.2 Å². The zero-order valence-corrected chi connectivity index (χ0v) is 9.61. The van der Waals surface area contributed by atoms with Gasteiger partial charge in [-0.05, 0) is 6.08 Å². The first-order valence-electron chi connectivity index (χ1n) is 5.14. The molecule has 1 aliphatic carbocycles. The van der Waals surface area contributed by atoms with Crippen molar-refractivity contribution < 1.29 is 4.79 Å². The van der Waals surface area contributed by atoms with Gasteiger partial charge in [0.1, 0.15) is 11.8 Å². The second-order valence-electron chi connectivity index (χ2n) is 3.47. The van der Waals surface area contributed by atoms with Crippen molar-refractivity contribution in [2.75, 3.05) is 18.1 Å². The molecule has 2 rings (SSSR count). The Labute approximate surface area is 98.4 Å². The molecular weight excluding hydrogens is 222 g/mol. The Hall–Kier alpha value is -1.20. The summed E-state index contributed by atoms with van der Waals surface area (Å²) in [4.78, 5) is 20.0. The van der Waals surface area contributed by atoms with Crippen LogP contribution in [0.15, 0.2) is 34.3 Å². The average Bonchev–Trinajstić information content (AvgIpc) is 2.30. The number of amides is 1. The number of thioether (sulfide) groups is 1. The van der Waals surface area contributed by atoms with Gasteiger partial charge >= 0.3 is 0 Å². The summed E-state index contributed by atoms with van der Waals surface area (Å²) in [5.74, 6) is 1.73. The zero-order valence-electron chi connectivity index (χ0n) is 8.80. The molecule has 0 spiro atoms. The highest BCUT2D eigenvalue weighted by Crippen LogP contribution is 2.17. The van der Waals surface area contributed by atoms with Crippen molar-refractivity contribution in [2.24, 2.45) is 21.6 Å². The minimum atomic E-state index is -0.270. The van der Waals surface area contributed by atoms with Crippen LogP contribution in [0.3, 0.4) is 0 Å². The van der Waals surface area contributed by atoms with Crippen LogP contribution in [-0.4, -0.2) is 35.5 Å². The third kappa shape index (κ3) is 2.48. The molecule has 1 unspecified atom stereocenters. The van der Waals surface area contributed by atoms with E-state index in [9.17, 15) is 4.79 Å². The smallest absolute Gasteiger partial charge is 0.260 e. The van der Waals surface area contributed by atoms with Gasteiger partial charge in [-0.25, -0.2) is 4.99 Å². The zero-order chi connectivity index (χ0) is 11.4. The summed E-state index contributed by atoms with van der Waals surface area (Å²) in [5.41, 5.74) is 6.19. The second kappa shape index (κ2) is 5.23. The number of nitrogens with two attached hydrogens (primary N) is 1. The van der Waals surface area contributed by atoms with Gasteiger partial charge in [-0.15, -0.1) is 0 Å². The lowest BCUT2D eigenvalue weighted by molar-refractivity contribution is -0.118. The van der Waals surface area contributed by atoms with Gasteiger partial charge in [-0.3, -0.25) is 4.79 Å². The van der Waals surface area contributed by atoms with E-state index in [-0.39, 0.29) is 11.8 Å². The van der Waals surface area contributed by atoms with Gasteiger partial charge in [0.15, 0.2) is 0 Å². The summed E-state index contributed by atoms with van der Waals surface area (Å²) < 4.78 is 0. The maximum atomic E-state index is 11.7. The molecular formula is C11H13N3OS. The SMILES string of the molecule is NCCSCC1=NC(=O)C2C=CC=CC2=N1. The van der Waals surface area contributed by atoms with E-state index in [1.807, 2.05) is 24.3 Å². The van der Waals surface area contributed by atoms with Crippen LogP contribution in [0.4, 0.5) is 0 Å². The average molecular weight is 235 g/mol. The number of rotatable bonds is 4. The van der Waals surface area contributed by atoms with Crippen LogP contribution in [0, 0.1) is 5.92 Å². The number of carbonyl (C=O) groups excluding carboxylic acids is 1. The highest BCUT2D eigenvalue weighted by Gasteiger charge is 2.25. The van der Waals surface area contributed by atoms with E-state index in [1.165, 1.54) is 0 Å². The molecule has 2 N–H and O–H groups in total. The van der Waals surface area contributed by atoms with Crippen molar-refractivity contribution in [2.45, 2.75) is 0 Å². The number of aliphatic imine (C=N–C) groups is 2. The van der Waals surface area contributed by atoms with E-state index in [0.717, 1.165) is 11.5 Å². The molecule has 16 heavy (non-hydrogen) atoms. The van der Waals surface area contributed by atoms with Crippen LogP contribution in [0.2, 0.25) is 0 Å². The lowest BCUT2D eigenvalue weighted by Crippen LogP contribution is -2.27. The topological polar surface area (TPSA) is 67.8 Å². The Kier molecular flexibility index (Phi) is 3.69. The fourth-order valence-electron chi connectivity index (χ4n) is 1.53. The van der Waals surface area contributed by atoms with Crippen molar-refractivity contribution in [1.29, 1.82) is 0 Å². The number of hydrogen-bond donors (Lipinski definition) is 1. The maximum absolute atomic E-state index is 11.7. The van der Waals surface area contributed by atoms with Crippen LogP contribution in [0.1, 0.15) is 0 Å². The molecule has 0 saturated heterocycles. The predicted molar refractivity (Wildman–Crippen MR) is 68.0 cm³/mol. The van der Waals surface area contributed by atoms with E-state index in [0.29, 0.717) is 18.1 Å². The Balaban J connectivity index is 2.06. The highest BCUT2D eigenvalue weighted by molar-refractivity contribution is 7.99. The molecule has 84 valence electrons. The number of fused-ring (bicyclic) bond motifs is 1. The highest BCUT2D eigenvalue weighted by atomic mass is 32.2. The molecule has 0 radical (unpaired) electrons. The summed E-state index contributed by atoms with van der Waals surface area (Å²) in [6, 6.07) is 0. The van der Waals surface area contributed by atoms with Crippen LogP contribution in [-0.2, 0) is 4.79 Å². The van der Waals surface area contributed by atoms with Gasteiger partial charge in [0, 0.05) is 12.3 Å². The fraction of sp³-hybridized carbons (Fsp3) is 0.364.